The zero-order chi connectivity index (χ0) is 55.7. The van der Waals surface area contributed by atoms with Crippen molar-refractivity contribution in [2.75, 3.05) is 4.90 Å². The Balaban J connectivity index is 1.07. The number of hydrogen-bond donors (Lipinski definition) is 0. The van der Waals surface area contributed by atoms with E-state index in [1.54, 1.807) is 0 Å². The van der Waals surface area contributed by atoms with Crippen molar-refractivity contribution in [3.05, 3.63) is 309 Å². The Hall–Kier alpha value is -11.1. The average molecular weight is 1070 g/mol. The van der Waals surface area contributed by atoms with Gasteiger partial charge in [0.2, 0.25) is 0 Å². The summed E-state index contributed by atoms with van der Waals surface area (Å²) in [5.74, 6) is 0. The van der Waals surface area contributed by atoms with Gasteiger partial charge in [-0.15, -0.1) is 0 Å². The lowest BCUT2D eigenvalue weighted by Crippen LogP contribution is -2.14. The summed E-state index contributed by atoms with van der Waals surface area (Å²) in [6.07, 6.45) is 0. The van der Waals surface area contributed by atoms with E-state index >= 15 is 0 Å². The lowest BCUT2D eigenvalue weighted by molar-refractivity contribution is 1.37. The fraction of sp³-hybridized carbons (Fsp3) is 0. The van der Waals surface area contributed by atoms with Gasteiger partial charge in [0.1, 0.15) is 0 Å². The van der Waals surface area contributed by atoms with Gasteiger partial charge in [-0.1, -0.05) is 291 Å². The van der Waals surface area contributed by atoms with Crippen LogP contribution in [0.1, 0.15) is 0 Å². The van der Waals surface area contributed by atoms with Gasteiger partial charge in [0.15, 0.2) is 0 Å². The molecule has 0 aliphatic rings. The summed E-state index contributed by atoms with van der Waals surface area (Å²) in [6, 6.07) is 116. The zero-order valence-corrected chi connectivity index (χ0v) is 46.4. The van der Waals surface area contributed by atoms with Gasteiger partial charge in [-0.3, -0.25) is 0 Å². The first-order valence-corrected chi connectivity index (χ1v) is 29.6. The van der Waals surface area contributed by atoms with E-state index in [0.29, 0.717) is 0 Å². The summed E-state index contributed by atoms with van der Waals surface area (Å²) in [5, 5.41) is 29.0. The van der Waals surface area contributed by atoms with Crippen LogP contribution >= 0.6 is 0 Å². The van der Waals surface area contributed by atoms with Crippen LogP contribution in [0.4, 0.5) is 17.1 Å². The second kappa shape index (κ2) is 18.7. The van der Waals surface area contributed by atoms with Crippen LogP contribution in [0, 0.1) is 0 Å². The lowest BCUT2D eigenvalue weighted by Gasteiger charge is -2.34. The van der Waals surface area contributed by atoms with Crippen molar-refractivity contribution in [2.45, 2.75) is 0 Å². The Morgan fingerprint density at radius 3 is 0.435 bits per heavy atom. The number of rotatable bonds is 6. The van der Waals surface area contributed by atoms with Gasteiger partial charge in [-0.05, 0) is 149 Å². The molecule has 0 saturated heterocycles. The van der Waals surface area contributed by atoms with Gasteiger partial charge >= 0.3 is 0 Å². The first kappa shape index (κ1) is 47.5. The van der Waals surface area contributed by atoms with Crippen molar-refractivity contribution in [3.63, 3.8) is 0 Å². The molecular weight excluding hydrogens is 1020 g/mol. The maximum Gasteiger partial charge on any atom is 0.0619 e. The predicted octanol–water partition coefficient (Wildman–Crippen LogP) is 24.0. The topological polar surface area (TPSA) is 3.24 Å². The van der Waals surface area contributed by atoms with Crippen LogP contribution in [0.2, 0.25) is 0 Å². The highest BCUT2D eigenvalue weighted by molar-refractivity contribution is 6.35. The van der Waals surface area contributed by atoms with Gasteiger partial charge in [0, 0.05) is 32.3 Å². The Bertz CT molecular complexity index is 4960. The van der Waals surface area contributed by atoms with Crippen molar-refractivity contribution in [1.29, 1.82) is 0 Å². The molecule has 0 saturated carbocycles. The van der Waals surface area contributed by atoms with Crippen LogP contribution in [-0.4, -0.2) is 0 Å². The number of fused-ring (bicyclic) bond motifs is 12. The molecule has 85 heavy (non-hydrogen) atoms. The monoisotopic (exact) mass is 1070 g/mol. The molecule has 0 spiro atoms. The molecule has 392 valence electrons. The fourth-order valence-corrected chi connectivity index (χ4v) is 15.0. The quantitative estimate of drug-likeness (QED) is 0.150. The highest BCUT2D eigenvalue weighted by Crippen LogP contribution is 2.58. The summed E-state index contributed by atoms with van der Waals surface area (Å²) in [6.45, 7) is 0. The zero-order valence-electron chi connectivity index (χ0n) is 46.4. The maximum atomic E-state index is 2.74. The van der Waals surface area contributed by atoms with E-state index in [2.05, 4.69) is 314 Å². The van der Waals surface area contributed by atoms with Crippen molar-refractivity contribution in [1.82, 2.24) is 0 Å². The minimum Gasteiger partial charge on any atom is -0.307 e. The van der Waals surface area contributed by atoms with Gasteiger partial charge in [-0.2, -0.15) is 0 Å². The predicted molar refractivity (Wildman–Crippen MR) is 368 cm³/mol. The standard InChI is InChI=1S/C84H51N/c1-7-31-58-52(25-1)49-53-26-2-8-32-59(53)76(58)79-64-37-13-19-43-70(64)82(71-44-20-14-38-65(71)79)85(83-72-45-21-15-39-66(72)80(67-40-16-22-46-73(67)83)77-60-33-9-3-27-54(60)50-55-28-4-10-34-61(55)77)84-74-47-23-17-41-68(74)81(69-42-18-24-48-75(69)84)78-62-35-11-5-29-56(62)51-57-30-6-12-36-63(57)78/h1-51H. The number of benzene rings is 18. The summed E-state index contributed by atoms with van der Waals surface area (Å²) >= 11 is 0. The maximum absolute atomic E-state index is 2.74. The van der Waals surface area contributed by atoms with Gasteiger partial charge in [0.05, 0.1) is 17.1 Å². The van der Waals surface area contributed by atoms with Gasteiger partial charge in [0.25, 0.3) is 0 Å². The van der Waals surface area contributed by atoms with Crippen molar-refractivity contribution in [3.8, 4) is 33.4 Å². The van der Waals surface area contributed by atoms with E-state index in [1.165, 1.54) is 163 Å². The molecule has 0 aliphatic heterocycles. The first-order valence-electron chi connectivity index (χ1n) is 29.6. The van der Waals surface area contributed by atoms with Crippen molar-refractivity contribution >= 4 is 146 Å². The second-order valence-electron chi connectivity index (χ2n) is 22.9. The molecule has 0 N–H and O–H groups in total. The molecule has 0 atom stereocenters. The Morgan fingerprint density at radius 1 is 0.129 bits per heavy atom. The minimum absolute atomic E-state index is 1.14. The molecular formula is C84H51N. The Morgan fingerprint density at radius 2 is 0.259 bits per heavy atom. The molecule has 0 radical (unpaired) electrons. The molecule has 0 bridgehead atoms. The third-order valence-corrected chi connectivity index (χ3v) is 18.4. The molecule has 0 aromatic heterocycles. The summed E-state index contributed by atoms with van der Waals surface area (Å²) < 4.78 is 0. The SMILES string of the molecule is c1ccc2c(-c3c4ccccc4c(N(c4c5ccccc5c(-c5c6ccccc6cc6ccccc56)c5ccccc45)c4c5ccccc5c(-c5c6ccccc6cc6ccccc56)c5ccccc45)c4ccccc34)c3ccccc3cc2c1. The highest BCUT2D eigenvalue weighted by atomic mass is 15.2. The van der Waals surface area contributed by atoms with Crippen LogP contribution in [-0.2, 0) is 0 Å². The van der Waals surface area contributed by atoms with Crippen molar-refractivity contribution in [2.24, 2.45) is 0 Å². The molecule has 18 aromatic carbocycles. The third kappa shape index (κ3) is 6.99. The fourth-order valence-electron chi connectivity index (χ4n) is 15.0. The van der Waals surface area contributed by atoms with E-state index in [0.717, 1.165) is 17.1 Å². The summed E-state index contributed by atoms with van der Waals surface area (Å²) in [4.78, 5) is 2.74. The van der Waals surface area contributed by atoms with E-state index in [-0.39, 0.29) is 0 Å². The smallest absolute Gasteiger partial charge is 0.0619 e. The average Bonchev–Trinajstić information content (AvgIpc) is 3.46. The molecule has 18 rings (SSSR count). The van der Waals surface area contributed by atoms with E-state index in [9.17, 15) is 0 Å². The first-order chi connectivity index (χ1) is 42.2. The molecule has 0 fully saturated rings. The second-order valence-corrected chi connectivity index (χ2v) is 22.9. The lowest BCUT2D eigenvalue weighted by atomic mass is 9.83. The normalized spacial score (nSPS) is 12.0. The van der Waals surface area contributed by atoms with Gasteiger partial charge < -0.3 is 4.90 Å². The molecule has 0 amide bonds. The van der Waals surface area contributed by atoms with Crippen LogP contribution in [0.25, 0.3) is 163 Å². The number of nitrogens with zero attached hydrogens (tertiary/aromatic N) is 1. The van der Waals surface area contributed by atoms with Crippen LogP contribution in [0.15, 0.2) is 309 Å². The van der Waals surface area contributed by atoms with Crippen LogP contribution in [0.3, 0.4) is 0 Å². The number of anilines is 3. The molecule has 1 heteroatoms. The van der Waals surface area contributed by atoms with E-state index < -0.39 is 0 Å². The van der Waals surface area contributed by atoms with E-state index in [1.807, 2.05) is 0 Å². The Labute approximate surface area is 491 Å². The molecule has 1 nitrogen and oxygen atoms in total. The van der Waals surface area contributed by atoms with Crippen molar-refractivity contribution < 1.29 is 0 Å². The van der Waals surface area contributed by atoms with Gasteiger partial charge in [-0.25, -0.2) is 0 Å². The van der Waals surface area contributed by atoms with Crippen LogP contribution < -0.4 is 4.90 Å². The molecule has 0 unspecified atom stereocenters. The van der Waals surface area contributed by atoms with Crippen LogP contribution in [0.5, 0.6) is 0 Å². The molecule has 18 aromatic rings. The third-order valence-electron chi connectivity index (χ3n) is 18.4. The van der Waals surface area contributed by atoms with E-state index in [4.69, 9.17) is 0 Å². The Kier molecular flexibility index (Phi) is 10.5. The molecule has 0 heterocycles. The molecule has 0 aliphatic carbocycles. The number of hydrogen-bond acceptors (Lipinski definition) is 1. The minimum atomic E-state index is 1.14. The summed E-state index contributed by atoms with van der Waals surface area (Å²) in [7, 11) is 0. The summed E-state index contributed by atoms with van der Waals surface area (Å²) in [5.41, 5.74) is 10.9. The largest absolute Gasteiger partial charge is 0.307 e. The highest BCUT2D eigenvalue weighted by Gasteiger charge is 2.32.